The normalized spacial score (nSPS) is 21.8. The zero-order valence-electron chi connectivity index (χ0n) is 15.0. The second-order valence-electron chi connectivity index (χ2n) is 7.63. The first-order valence-corrected chi connectivity index (χ1v) is 9.77. The highest BCUT2D eigenvalue weighted by Crippen LogP contribution is 2.60. The van der Waals surface area contributed by atoms with Crippen LogP contribution in [0.3, 0.4) is 0 Å². The van der Waals surface area contributed by atoms with E-state index < -0.39 is 0 Å². The number of unbranched alkanes of at least 4 members (excludes halogenated alkanes) is 2. The third-order valence-electron chi connectivity index (χ3n) is 6.40. The fraction of sp³-hybridized carbons (Fsp3) is 0.280. The van der Waals surface area contributed by atoms with Crippen molar-refractivity contribution in [3.05, 3.63) is 106 Å². The van der Waals surface area contributed by atoms with Crippen molar-refractivity contribution in [1.82, 2.24) is 0 Å². The minimum absolute atomic E-state index is 0.0476. The third kappa shape index (κ3) is 2.01. The van der Waals surface area contributed by atoms with E-state index in [9.17, 15) is 5.11 Å². The summed E-state index contributed by atoms with van der Waals surface area (Å²) in [6.45, 7) is 0.291. The molecule has 1 nitrogen and oxygen atoms in total. The molecule has 3 aromatic rings. The van der Waals surface area contributed by atoms with Crippen LogP contribution in [0.15, 0.2) is 72.8 Å². The molecule has 0 amide bonds. The SMILES string of the molecule is OCCCCCC12c3ccccc3C(c3ccccc31)c1ccccc12. The summed E-state index contributed by atoms with van der Waals surface area (Å²) in [6, 6.07) is 27.2. The summed E-state index contributed by atoms with van der Waals surface area (Å²) in [7, 11) is 0. The number of hydrogen-bond donors (Lipinski definition) is 1. The molecule has 1 heteroatoms. The van der Waals surface area contributed by atoms with Crippen LogP contribution in [0.4, 0.5) is 0 Å². The molecule has 130 valence electrons. The van der Waals surface area contributed by atoms with Gasteiger partial charge in [0, 0.05) is 17.9 Å². The molecule has 0 radical (unpaired) electrons. The van der Waals surface area contributed by atoms with E-state index in [1.165, 1.54) is 33.4 Å². The number of aliphatic hydroxyl groups is 1. The second-order valence-corrected chi connectivity index (χ2v) is 7.63. The zero-order chi connectivity index (χ0) is 17.6. The Kier molecular flexibility index (Phi) is 3.72. The van der Waals surface area contributed by atoms with Crippen LogP contribution in [0.1, 0.15) is 65.0 Å². The van der Waals surface area contributed by atoms with Gasteiger partial charge in [0.1, 0.15) is 0 Å². The van der Waals surface area contributed by atoms with Crippen LogP contribution >= 0.6 is 0 Å². The molecular formula is C25H24O. The summed E-state index contributed by atoms with van der Waals surface area (Å²) >= 11 is 0. The summed E-state index contributed by atoms with van der Waals surface area (Å²) < 4.78 is 0. The predicted molar refractivity (Wildman–Crippen MR) is 106 cm³/mol. The topological polar surface area (TPSA) is 20.2 Å². The van der Waals surface area contributed by atoms with Crippen molar-refractivity contribution in [2.24, 2.45) is 0 Å². The predicted octanol–water partition coefficient (Wildman–Crippen LogP) is 5.38. The average molecular weight is 340 g/mol. The molecule has 0 aromatic heterocycles. The van der Waals surface area contributed by atoms with Crippen LogP contribution in [0.25, 0.3) is 0 Å². The van der Waals surface area contributed by atoms with Crippen molar-refractivity contribution in [1.29, 1.82) is 0 Å². The lowest BCUT2D eigenvalue weighted by Crippen LogP contribution is -2.42. The fourth-order valence-electron chi connectivity index (χ4n) is 5.43. The van der Waals surface area contributed by atoms with Crippen molar-refractivity contribution in [2.75, 3.05) is 6.61 Å². The monoisotopic (exact) mass is 340 g/mol. The van der Waals surface area contributed by atoms with E-state index in [0.29, 0.717) is 12.5 Å². The molecule has 3 aliphatic carbocycles. The lowest BCUT2D eigenvalue weighted by Gasteiger charge is -2.51. The Balaban J connectivity index is 1.77. The van der Waals surface area contributed by atoms with Crippen molar-refractivity contribution < 1.29 is 5.11 Å². The summed E-state index contributed by atoms with van der Waals surface area (Å²) in [5.41, 5.74) is 8.86. The van der Waals surface area contributed by atoms with E-state index in [2.05, 4.69) is 72.8 Å². The quantitative estimate of drug-likeness (QED) is 0.618. The Morgan fingerprint density at radius 3 is 1.54 bits per heavy atom. The number of rotatable bonds is 5. The lowest BCUT2D eigenvalue weighted by molar-refractivity contribution is 0.280. The van der Waals surface area contributed by atoms with Crippen molar-refractivity contribution in [3.63, 3.8) is 0 Å². The highest BCUT2D eigenvalue weighted by atomic mass is 16.2. The number of hydrogen-bond acceptors (Lipinski definition) is 1. The Bertz CT molecular complexity index is 840. The molecule has 6 rings (SSSR count). The summed E-state index contributed by atoms with van der Waals surface area (Å²) in [4.78, 5) is 0. The largest absolute Gasteiger partial charge is 0.396 e. The highest BCUT2D eigenvalue weighted by molar-refractivity contribution is 5.71. The Morgan fingerprint density at radius 1 is 0.615 bits per heavy atom. The van der Waals surface area contributed by atoms with Gasteiger partial charge in [0.15, 0.2) is 0 Å². The number of aliphatic hydroxyl groups excluding tert-OH is 1. The van der Waals surface area contributed by atoms with Gasteiger partial charge in [-0.1, -0.05) is 85.6 Å². The summed E-state index contributed by atoms with van der Waals surface area (Å²) in [6.07, 6.45) is 4.20. The smallest absolute Gasteiger partial charge is 0.0460 e. The first kappa shape index (κ1) is 15.8. The van der Waals surface area contributed by atoms with Gasteiger partial charge in [-0.15, -0.1) is 0 Å². The molecule has 0 atom stereocenters. The van der Waals surface area contributed by atoms with Gasteiger partial charge in [0.05, 0.1) is 0 Å². The Labute approximate surface area is 155 Å². The zero-order valence-corrected chi connectivity index (χ0v) is 15.0. The molecule has 0 heterocycles. The molecule has 0 spiro atoms. The summed E-state index contributed by atoms with van der Waals surface area (Å²) in [5, 5.41) is 9.21. The highest BCUT2D eigenvalue weighted by Gasteiger charge is 2.50. The van der Waals surface area contributed by atoms with Crippen LogP contribution in [-0.4, -0.2) is 11.7 Å². The third-order valence-corrected chi connectivity index (χ3v) is 6.40. The molecule has 0 fully saturated rings. The van der Waals surface area contributed by atoms with E-state index >= 15 is 0 Å². The van der Waals surface area contributed by atoms with Crippen molar-refractivity contribution >= 4 is 0 Å². The minimum Gasteiger partial charge on any atom is -0.396 e. The molecule has 1 N–H and O–H groups in total. The molecule has 0 saturated heterocycles. The minimum atomic E-state index is -0.0476. The molecule has 2 bridgehead atoms. The molecule has 3 aromatic carbocycles. The molecule has 0 unspecified atom stereocenters. The standard InChI is InChI=1S/C25H24O/c26-17-9-1-8-16-25-21-13-5-2-10-18(21)24(19-11-3-6-14-22(19)25)20-12-4-7-15-23(20)25/h2-7,10-15,24,26H,1,8-9,16-17H2. The maximum absolute atomic E-state index is 9.21. The number of benzene rings is 3. The average Bonchev–Trinajstić information content (AvgIpc) is 2.71. The van der Waals surface area contributed by atoms with E-state index in [4.69, 9.17) is 0 Å². The first-order valence-electron chi connectivity index (χ1n) is 9.77. The van der Waals surface area contributed by atoms with Gasteiger partial charge in [-0.2, -0.15) is 0 Å². The van der Waals surface area contributed by atoms with Gasteiger partial charge in [-0.25, -0.2) is 0 Å². The van der Waals surface area contributed by atoms with Gasteiger partial charge >= 0.3 is 0 Å². The van der Waals surface area contributed by atoms with Crippen LogP contribution in [0, 0.1) is 0 Å². The van der Waals surface area contributed by atoms with E-state index in [0.717, 1.165) is 25.7 Å². The second kappa shape index (κ2) is 6.10. The van der Waals surface area contributed by atoms with Crippen LogP contribution < -0.4 is 0 Å². The van der Waals surface area contributed by atoms with E-state index in [1.54, 1.807) is 0 Å². The molecule has 26 heavy (non-hydrogen) atoms. The van der Waals surface area contributed by atoms with Gasteiger partial charge < -0.3 is 5.11 Å². The molecule has 0 aliphatic heterocycles. The molecule has 0 saturated carbocycles. The Hall–Kier alpha value is -2.38. The molecule has 3 aliphatic rings. The van der Waals surface area contributed by atoms with Gasteiger partial charge in [-0.05, 0) is 46.2 Å². The van der Waals surface area contributed by atoms with E-state index in [1.807, 2.05) is 0 Å². The lowest BCUT2D eigenvalue weighted by atomic mass is 9.51. The maximum atomic E-state index is 9.21. The first-order chi connectivity index (χ1) is 12.9. The van der Waals surface area contributed by atoms with E-state index in [-0.39, 0.29) is 5.41 Å². The van der Waals surface area contributed by atoms with Crippen LogP contribution in [0.5, 0.6) is 0 Å². The van der Waals surface area contributed by atoms with Crippen molar-refractivity contribution in [3.8, 4) is 0 Å². The van der Waals surface area contributed by atoms with Gasteiger partial charge in [-0.3, -0.25) is 0 Å². The summed E-state index contributed by atoms with van der Waals surface area (Å²) in [5.74, 6) is 0.359. The van der Waals surface area contributed by atoms with Gasteiger partial charge in [0.2, 0.25) is 0 Å². The van der Waals surface area contributed by atoms with Crippen LogP contribution in [-0.2, 0) is 5.41 Å². The maximum Gasteiger partial charge on any atom is 0.0460 e. The fourth-order valence-corrected chi connectivity index (χ4v) is 5.43. The molecular weight excluding hydrogens is 316 g/mol. The Morgan fingerprint density at radius 2 is 1.08 bits per heavy atom. The van der Waals surface area contributed by atoms with Gasteiger partial charge in [0.25, 0.3) is 0 Å². The van der Waals surface area contributed by atoms with Crippen molar-refractivity contribution in [2.45, 2.75) is 37.0 Å². The van der Waals surface area contributed by atoms with Crippen LogP contribution in [0.2, 0.25) is 0 Å².